The Balaban J connectivity index is 1.58. The van der Waals surface area contributed by atoms with Crippen LogP contribution >= 0.6 is 23.2 Å². The van der Waals surface area contributed by atoms with Gasteiger partial charge in [0.1, 0.15) is 0 Å². The van der Waals surface area contributed by atoms with E-state index in [1.165, 1.54) is 0 Å². The second-order valence-electron chi connectivity index (χ2n) is 5.82. The van der Waals surface area contributed by atoms with Gasteiger partial charge in [0.15, 0.2) is 0 Å². The maximum Gasteiger partial charge on any atom is 0.232 e. The minimum absolute atomic E-state index is 0.00441. The van der Waals surface area contributed by atoms with E-state index in [0.29, 0.717) is 40.3 Å². The maximum atomic E-state index is 12.4. The summed E-state index contributed by atoms with van der Waals surface area (Å²) < 4.78 is 5.39. The average Bonchev–Trinajstić information content (AvgIpc) is 3.22. The van der Waals surface area contributed by atoms with E-state index in [1.807, 2.05) is 30.3 Å². The number of amides is 1. The summed E-state index contributed by atoms with van der Waals surface area (Å²) in [6, 6.07) is 14.5. The first kappa shape index (κ1) is 16.1. The molecule has 0 bridgehead atoms. The average molecular weight is 374 g/mol. The van der Waals surface area contributed by atoms with Gasteiger partial charge in [-0.2, -0.15) is 4.98 Å². The van der Waals surface area contributed by atoms with Gasteiger partial charge in [0.2, 0.25) is 17.6 Å². The van der Waals surface area contributed by atoms with Crippen LogP contribution in [0.15, 0.2) is 53.1 Å². The number of hydrogen-bond acceptors (Lipinski definition) is 4. The van der Waals surface area contributed by atoms with Gasteiger partial charge < -0.3 is 9.42 Å². The van der Waals surface area contributed by atoms with Gasteiger partial charge in [-0.15, -0.1) is 0 Å². The van der Waals surface area contributed by atoms with Crippen molar-refractivity contribution in [2.24, 2.45) is 0 Å². The summed E-state index contributed by atoms with van der Waals surface area (Å²) in [5.41, 5.74) is 1.47. The maximum absolute atomic E-state index is 12.4. The molecule has 1 atom stereocenters. The molecule has 0 radical (unpaired) electrons. The second kappa shape index (κ2) is 6.50. The van der Waals surface area contributed by atoms with E-state index in [2.05, 4.69) is 10.1 Å². The number of nitrogens with zero attached hydrogens (tertiary/aromatic N) is 3. The smallest absolute Gasteiger partial charge is 0.232 e. The van der Waals surface area contributed by atoms with Gasteiger partial charge in [-0.3, -0.25) is 4.79 Å². The normalized spacial score (nSPS) is 17.3. The molecule has 0 saturated carbocycles. The highest BCUT2D eigenvalue weighted by atomic mass is 35.5. The SMILES string of the molecule is O=C1CC(c2nc(-c3ccccc3Cl)no2)CN1c1cccc(Cl)c1. The molecule has 1 aromatic heterocycles. The molecular formula is C18H13Cl2N3O2. The summed E-state index contributed by atoms with van der Waals surface area (Å²) in [7, 11) is 0. The lowest BCUT2D eigenvalue weighted by Gasteiger charge is -2.16. The van der Waals surface area contributed by atoms with Gasteiger partial charge in [0, 0.05) is 29.2 Å². The molecule has 0 N–H and O–H groups in total. The molecule has 0 spiro atoms. The number of hydrogen-bond donors (Lipinski definition) is 0. The summed E-state index contributed by atoms with van der Waals surface area (Å²) in [6.45, 7) is 0.476. The molecule has 5 nitrogen and oxygen atoms in total. The highest BCUT2D eigenvalue weighted by Crippen LogP contribution is 2.33. The van der Waals surface area contributed by atoms with Crippen molar-refractivity contribution in [2.75, 3.05) is 11.4 Å². The Labute approximate surface area is 154 Å². The molecule has 2 aromatic carbocycles. The molecule has 1 aliphatic rings. The molecule has 4 rings (SSSR count). The first-order valence-electron chi connectivity index (χ1n) is 7.76. The molecule has 3 aromatic rings. The van der Waals surface area contributed by atoms with Crippen molar-refractivity contribution in [3.05, 3.63) is 64.5 Å². The summed E-state index contributed by atoms with van der Waals surface area (Å²) in [5.74, 6) is 0.710. The van der Waals surface area contributed by atoms with Gasteiger partial charge in [-0.1, -0.05) is 46.6 Å². The fraction of sp³-hybridized carbons (Fsp3) is 0.167. The minimum Gasteiger partial charge on any atom is -0.339 e. The van der Waals surface area contributed by atoms with Crippen molar-refractivity contribution < 1.29 is 9.32 Å². The van der Waals surface area contributed by atoms with Crippen LogP contribution in [-0.2, 0) is 4.79 Å². The van der Waals surface area contributed by atoms with Crippen molar-refractivity contribution in [3.63, 3.8) is 0 Å². The number of halogens is 2. The summed E-state index contributed by atoms with van der Waals surface area (Å²) >= 11 is 12.2. The van der Waals surface area contributed by atoms with Crippen molar-refractivity contribution in [1.29, 1.82) is 0 Å². The number of aromatic nitrogens is 2. The molecule has 25 heavy (non-hydrogen) atoms. The Hall–Kier alpha value is -2.37. The van der Waals surface area contributed by atoms with E-state index in [9.17, 15) is 4.79 Å². The van der Waals surface area contributed by atoms with E-state index in [1.54, 1.807) is 23.1 Å². The Kier molecular flexibility index (Phi) is 4.19. The van der Waals surface area contributed by atoms with Gasteiger partial charge in [-0.05, 0) is 30.3 Å². The van der Waals surface area contributed by atoms with E-state index >= 15 is 0 Å². The van der Waals surface area contributed by atoms with Crippen LogP contribution in [0.4, 0.5) is 5.69 Å². The van der Waals surface area contributed by atoms with E-state index in [4.69, 9.17) is 27.7 Å². The van der Waals surface area contributed by atoms with Crippen LogP contribution in [0.2, 0.25) is 10.0 Å². The zero-order chi connectivity index (χ0) is 17.4. The number of benzene rings is 2. The quantitative estimate of drug-likeness (QED) is 0.674. The monoisotopic (exact) mass is 373 g/mol. The lowest BCUT2D eigenvalue weighted by Crippen LogP contribution is -2.24. The molecule has 1 unspecified atom stereocenters. The Bertz CT molecular complexity index is 941. The third-order valence-electron chi connectivity index (χ3n) is 4.15. The topological polar surface area (TPSA) is 59.2 Å². The first-order chi connectivity index (χ1) is 12.1. The third-order valence-corrected chi connectivity index (χ3v) is 4.72. The van der Waals surface area contributed by atoms with Gasteiger partial charge in [-0.25, -0.2) is 0 Å². The zero-order valence-electron chi connectivity index (χ0n) is 13.0. The Morgan fingerprint density at radius 3 is 2.76 bits per heavy atom. The van der Waals surface area contributed by atoms with Crippen LogP contribution in [0.3, 0.4) is 0 Å². The van der Waals surface area contributed by atoms with Gasteiger partial charge >= 0.3 is 0 Å². The molecule has 1 aliphatic heterocycles. The van der Waals surface area contributed by atoms with Crippen LogP contribution in [0.1, 0.15) is 18.2 Å². The highest BCUT2D eigenvalue weighted by molar-refractivity contribution is 6.33. The van der Waals surface area contributed by atoms with Crippen LogP contribution in [-0.4, -0.2) is 22.6 Å². The lowest BCUT2D eigenvalue weighted by molar-refractivity contribution is -0.117. The predicted octanol–water partition coefficient (Wildman–Crippen LogP) is 4.56. The zero-order valence-corrected chi connectivity index (χ0v) is 14.5. The predicted molar refractivity (Wildman–Crippen MR) is 95.9 cm³/mol. The molecule has 1 fully saturated rings. The van der Waals surface area contributed by atoms with Crippen LogP contribution < -0.4 is 4.90 Å². The molecule has 1 saturated heterocycles. The summed E-state index contributed by atoms with van der Waals surface area (Å²) in [5, 5.41) is 5.15. The molecule has 0 aliphatic carbocycles. The van der Waals surface area contributed by atoms with Crippen LogP contribution in [0.25, 0.3) is 11.4 Å². The van der Waals surface area contributed by atoms with Gasteiger partial charge in [0.25, 0.3) is 0 Å². The fourth-order valence-electron chi connectivity index (χ4n) is 2.92. The minimum atomic E-state index is -0.157. The standard InChI is InChI=1S/C18H13Cl2N3O2/c19-12-4-3-5-13(9-12)23-10-11(8-16(23)24)18-21-17(22-25-18)14-6-1-2-7-15(14)20/h1-7,9,11H,8,10H2. The Morgan fingerprint density at radius 2 is 1.96 bits per heavy atom. The molecule has 126 valence electrons. The molecule has 2 heterocycles. The number of rotatable bonds is 3. The summed E-state index contributed by atoms with van der Waals surface area (Å²) in [4.78, 5) is 18.5. The van der Waals surface area contributed by atoms with E-state index < -0.39 is 0 Å². The van der Waals surface area contributed by atoms with Crippen molar-refractivity contribution >= 4 is 34.8 Å². The molecule has 1 amide bonds. The largest absolute Gasteiger partial charge is 0.339 e. The summed E-state index contributed by atoms with van der Waals surface area (Å²) in [6.07, 6.45) is 0.316. The van der Waals surface area contributed by atoms with Crippen molar-refractivity contribution in [2.45, 2.75) is 12.3 Å². The van der Waals surface area contributed by atoms with Crippen LogP contribution in [0, 0.1) is 0 Å². The first-order valence-corrected chi connectivity index (χ1v) is 8.52. The van der Waals surface area contributed by atoms with Crippen LogP contribution in [0.5, 0.6) is 0 Å². The second-order valence-corrected chi connectivity index (χ2v) is 6.66. The number of carbonyl (C=O) groups is 1. The number of anilines is 1. The Morgan fingerprint density at radius 1 is 1.12 bits per heavy atom. The number of carbonyl (C=O) groups excluding carboxylic acids is 1. The van der Waals surface area contributed by atoms with Gasteiger partial charge in [0.05, 0.1) is 10.9 Å². The van der Waals surface area contributed by atoms with Crippen molar-refractivity contribution in [3.8, 4) is 11.4 Å². The molecule has 7 heteroatoms. The highest BCUT2D eigenvalue weighted by Gasteiger charge is 2.35. The lowest BCUT2D eigenvalue weighted by atomic mass is 10.1. The molecular weight excluding hydrogens is 361 g/mol. The van der Waals surface area contributed by atoms with E-state index in [0.717, 1.165) is 5.69 Å². The van der Waals surface area contributed by atoms with E-state index in [-0.39, 0.29) is 11.8 Å². The third kappa shape index (κ3) is 3.13. The fourth-order valence-corrected chi connectivity index (χ4v) is 3.32. The van der Waals surface area contributed by atoms with Crippen molar-refractivity contribution in [1.82, 2.24) is 10.1 Å².